The molecule has 7 heteroatoms. The standard InChI is InChI=1S/C17H29N5O2/c1-13(23)14-5-3-8-22(10-14)17(24)19-15-6-4-7-21(11-15)16-9-18-20(2)12-16/h9,12-15,23H,3-8,10-11H2,1-2H3,(H,19,24). The molecule has 2 amide bonds. The summed E-state index contributed by atoms with van der Waals surface area (Å²) in [6.07, 6.45) is 7.59. The number of aliphatic hydroxyl groups excluding tert-OH is 1. The Balaban J connectivity index is 1.54. The van der Waals surface area contributed by atoms with E-state index in [0.29, 0.717) is 6.54 Å². The molecule has 0 bridgehead atoms. The van der Waals surface area contributed by atoms with E-state index in [-0.39, 0.29) is 24.1 Å². The number of rotatable bonds is 3. The first-order chi connectivity index (χ1) is 11.5. The molecular weight excluding hydrogens is 306 g/mol. The molecule has 3 rings (SSSR count). The number of hydrogen-bond acceptors (Lipinski definition) is 4. The number of carbonyl (C=O) groups excluding carboxylic acids is 1. The normalized spacial score (nSPS) is 26.3. The van der Waals surface area contributed by atoms with Gasteiger partial charge in [-0.2, -0.15) is 5.10 Å². The van der Waals surface area contributed by atoms with Gasteiger partial charge in [0.05, 0.1) is 18.0 Å². The average molecular weight is 335 g/mol. The highest BCUT2D eigenvalue weighted by Gasteiger charge is 2.29. The molecule has 0 aromatic carbocycles. The number of anilines is 1. The molecule has 24 heavy (non-hydrogen) atoms. The number of hydrogen-bond donors (Lipinski definition) is 2. The van der Waals surface area contributed by atoms with Crippen molar-refractivity contribution in [3.63, 3.8) is 0 Å². The number of aliphatic hydroxyl groups is 1. The summed E-state index contributed by atoms with van der Waals surface area (Å²) in [5, 5.41) is 17.2. The zero-order valence-electron chi connectivity index (χ0n) is 14.7. The van der Waals surface area contributed by atoms with Gasteiger partial charge in [-0.1, -0.05) is 0 Å². The first-order valence-corrected chi connectivity index (χ1v) is 9.00. The van der Waals surface area contributed by atoms with E-state index in [2.05, 4.69) is 15.3 Å². The van der Waals surface area contributed by atoms with Crippen molar-refractivity contribution in [1.29, 1.82) is 0 Å². The third-order valence-electron chi connectivity index (χ3n) is 5.23. The molecule has 0 saturated carbocycles. The van der Waals surface area contributed by atoms with Crippen molar-refractivity contribution in [3.8, 4) is 0 Å². The predicted molar refractivity (Wildman–Crippen MR) is 93.0 cm³/mol. The maximum absolute atomic E-state index is 12.6. The number of nitrogens with one attached hydrogen (secondary N) is 1. The van der Waals surface area contributed by atoms with Gasteiger partial charge in [-0.3, -0.25) is 4.68 Å². The molecule has 3 heterocycles. The molecule has 3 unspecified atom stereocenters. The largest absolute Gasteiger partial charge is 0.393 e. The number of piperidine rings is 2. The fourth-order valence-corrected chi connectivity index (χ4v) is 3.76. The third-order valence-corrected chi connectivity index (χ3v) is 5.23. The van der Waals surface area contributed by atoms with E-state index < -0.39 is 0 Å². The summed E-state index contributed by atoms with van der Waals surface area (Å²) in [6, 6.07) is 0.178. The fourth-order valence-electron chi connectivity index (χ4n) is 3.76. The lowest BCUT2D eigenvalue weighted by Gasteiger charge is -2.37. The number of aromatic nitrogens is 2. The van der Waals surface area contributed by atoms with Crippen LogP contribution in [0.1, 0.15) is 32.6 Å². The van der Waals surface area contributed by atoms with Crippen LogP contribution < -0.4 is 10.2 Å². The summed E-state index contributed by atoms with van der Waals surface area (Å²) in [5.74, 6) is 0.197. The highest BCUT2D eigenvalue weighted by atomic mass is 16.3. The van der Waals surface area contributed by atoms with E-state index in [1.54, 1.807) is 4.68 Å². The van der Waals surface area contributed by atoms with Gasteiger partial charge >= 0.3 is 6.03 Å². The molecule has 0 radical (unpaired) electrons. The van der Waals surface area contributed by atoms with E-state index in [0.717, 1.165) is 51.0 Å². The van der Waals surface area contributed by atoms with Gasteiger partial charge in [0.1, 0.15) is 0 Å². The minimum atomic E-state index is -0.351. The molecule has 2 fully saturated rings. The topological polar surface area (TPSA) is 73.6 Å². The van der Waals surface area contributed by atoms with E-state index in [9.17, 15) is 9.90 Å². The van der Waals surface area contributed by atoms with Gasteiger partial charge in [0.15, 0.2) is 0 Å². The van der Waals surface area contributed by atoms with Crippen molar-refractivity contribution in [3.05, 3.63) is 12.4 Å². The highest BCUT2D eigenvalue weighted by molar-refractivity contribution is 5.74. The van der Waals surface area contributed by atoms with Crippen LogP contribution in [0.5, 0.6) is 0 Å². The van der Waals surface area contributed by atoms with Crippen molar-refractivity contribution in [2.24, 2.45) is 13.0 Å². The Morgan fingerprint density at radius 1 is 1.33 bits per heavy atom. The number of likely N-dealkylation sites (tertiary alicyclic amines) is 1. The van der Waals surface area contributed by atoms with Crippen LogP contribution in [-0.2, 0) is 7.05 Å². The first kappa shape index (κ1) is 17.1. The Morgan fingerprint density at radius 3 is 2.83 bits per heavy atom. The minimum absolute atomic E-state index is 0.0124. The summed E-state index contributed by atoms with van der Waals surface area (Å²) in [4.78, 5) is 16.7. The quantitative estimate of drug-likeness (QED) is 0.870. The lowest BCUT2D eigenvalue weighted by atomic mass is 9.93. The molecule has 1 aromatic rings. The minimum Gasteiger partial charge on any atom is -0.393 e. The molecule has 0 spiro atoms. The third kappa shape index (κ3) is 4.01. The van der Waals surface area contributed by atoms with Crippen LogP contribution in [-0.4, -0.2) is 64.1 Å². The number of nitrogens with zero attached hydrogens (tertiary/aromatic N) is 4. The van der Waals surface area contributed by atoms with Gasteiger partial charge in [0.25, 0.3) is 0 Å². The monoisotopic (exact) mass is 335 g/mol. The Kier molecular flexibility index (Phi) is 5.28. The molecule has 1 aromatic heterocycles. The van der Waals surface area contributed by atoms with Crippen LogP contribution in [0, 0.1) is 5.92 Å². The zero-order chi connectivity index (χ0) is 17.1. The van der Waals surface area contributed by atoms with Gasteiger partial charge in [0, 0.05) is 51.4 Å². The van der Waals surface area contributed by atoms with Crippen molar-refractivity contribution in [1.82, 2.24) is 20.0 Å². The van der Waals surface area contributed by atoms with Gasteiger partial charge in [-0.25, -0.2) is 4.79 Å². The highest BCUT2D eigenvalue weighted by Crippen LogP contribution is 2.21. The van der Waals surface area contributed by atoms with Crippen LogP contribution >= 0.6 is 0 Å². The van der Waals surface area contributed by atoms with Gasteiger partial charge in [-0.15, -0.1) is 0 Å². The molecule has 2 N–H and O–H groups in total. The Hall–Kier alpha value is -1.76. The predicted octanol–water partition coefficient (Wildman–Crippen LogP) is 1.19. The van der Waals surface area contributed by atoms with Crippen molar-refractivity contribution >= 4 is 11.7 Å². The van der Waals surface area contributed by atoms with Crippen LogP contribution in [0.25, 0.3) is 0 Å². The number of amides is 2. The summed E-state index contributed by atoms with van der Waals surface area (Å²) < 4.78 is 1.81. The summed E-state index contributed by atoms with van der Waals surface area (Å²) >= 11 is 0. The van der Waals surface area contributed by atoms with Crippen LogP contribution in [0.4, 0.5) is 10.5 Å². The van der Waals surface area contributed by atoms with Crippen LogP contribution in [0.2, 0.25) is 0 Å². The molecule has 2 aliphatic rings. The maximum atomic E-state index is 12.6. The van der Waals surface area contributed by atoms with Gasteiger partial charge in [-0.05, 0) is 32.6 Å². The summed E-state index contributed by atoms with van der Waals surface area (Å²) in [6.45, 7) is 5.09. The van der Waals surface area contributed by atoms with Gasteiger partial charge < -0.3 is 20.2 Å². The van der Waals surface area contributed by atoms with Crippen LogP contribution in [0.15, 0.2) is 12.4 Å². The molecule has 3 atom stereocenters. The number of aryl methyl sites for hydroxylation is 1. The average Bonchev–Trinajstić information content (AvgIpc) is 3.02. The second-order valence-electron chi connectivity index (χ2n) is 7.20. The van der Waals surface area contributed by atoms with Crippen molar-refractivity contribution in [2.45, 2.75) is 44.8 Å². The first-order valence-electron chi connectivity index (χ1n) is 9.00. The number of urea groups is 1. The molecule has 0 aliphatic carbocycles. The second-order valence-corrected chi connectivity index (χ2v) is 7.20. The Labute approximate surface area is 143 Å². The van der Waals surface area contributed by atoms with E-state index in [1.165, 1.54) is 0 Å². The SMILES string of the molecule is CC(O)C1CCCN(C(=O)NC2CCCN(c3cnn(C)c3)C2)C1. The van der Waals surface area contributed by atoms with Gasteiger partial charge in [0.2, 0.25) is 0 Å². The smallest absolute Gasteiger partial charge is 0.317 e. The fraction of sp³-hybridized carbons (Fsp3) is 0.765. The molecule has 7 nitrogen and oxygen atoms in total. The van der Waals surface area contributed by atoms with Crippen LogP contribution in [0.3, 0.4) is 0 Å². The lowest BCUT2D eigenvalue weighted by Crippen LogP contribution is -2.54. The molecule has 134 valence electrons. The molecular formula is C17H29N5O2. The lowest BCUT2D eigenvalue weighted by molar-refractivity contribution is 0.0732. The summed E-state index contributed by atoms with van der Waals surface area (Å²) in [7, 11) is 1.92. The van der Waals surface area contributed by atoms with E-state index >= 15 is 0 Å². The second kappa shape index (κ2) is 7.42. The number of carbonyl (C=O) groups is 1. The van der Waals surface area contributed by atoms with Crippen molar-refractivity contribution < 1.29 is 9.90 Å². The molecule has 2 saturated heterocycles. The zero-order valence-corrected chi connectivity index (χ0v) is 14.7. The molecule has 2 aliphatic heterocycles. The maximum Gasteiger partial charge on any atom is 0.317 e. The van der Waals surface area contributed by atoms with E-state index in [4.69, 9.17) is 0 Å². The Bertz CT molecular complexity index is 559. The van der Waals surface area contributed by atoms with Crippen molar-refractivity contribution in [2.75, 3.05) is 31.1 Å². The summed E-state index contributed by atoms with van der Waals surface area (Å²) in [5.41, 5.74) is 1.11. The van der Waals surface area contributed by atoms with E-state index in [1.807, 2.05) is 31.3 Å². The Morgan fingerprint density at radius 2 is 2.12 bits per heavy atom.